The van der Waals surface area contributed by atoms with E-state index in [1.807, 2.05) is 0 Å². The Kier molecular flexibility index (Phi) is 4.37. The maximum Gasteiger partial charge on any atom is 0.320 e. The van der Waals surface area contributed by atoms with Gasteiger partial charge in [-0.2, -0.15) is 0 Å². The van der Waals surface area contributed by atoms with Crippen LogP contribution in [0.5, 0.6) is 0 Å². The Morgan fingerprint density at radius 1 is 1.56 bits per heavy atom. The summed E-state index contributed by atoms with van der Waals surface area (Å²) in [6.45, 7) is 1.22. The van der Waals surface area contributed by atoms with Crippen LogP contribution >= 0.6 is 15.9 Å². The van der Waals surface area contributed by atoms with Gasteiger partial charge < -0.3 is 10.4 Å². The maximum atomic E-state index is 13.4. The molecule has 1 aromatic carbocycles. The number of nitrogens with one attached hydrogen (secondary N) is 1. The van der Waals surface area contributed by atoms with Crippen LogP contribution in [0.2, 0.25) is 0 Å². The van der Waals surface area contributed by atoms with Crippen molar-refractivity contribution in [1.29, 1.82) is 0 Å². The molecule has 0 aliphatic heterocycles. The number of benzene rings is 1. The van der Waals surface area contributed by atoms with Crippen molar-refractivity contribution in [1.82, 2.24) is 5.32 Å². The first-order valence-electron chi connectivity index (χ1n) is 4.52. The lowest BCUT2D eigenvalue weighted by Crippen LogP contribution is -2.33. The Hall–Kier alpha value is -1.01. The van der Waals surface area contributed by atoms with Crippen LogP contribution in [-0.2, 0) is 11.3 Å². The molecule has 0 bridgehead atoms. The lowest BCUT2D eigenvalue weighted by molar-refractivity contribution is -0.139. The van der Waals surface area contributed by atoms with Crippen LogP contribution in [0.15, 0.2) is 16.6 Å². The second-order valence-corrected chi connectivity index (χ2v) is 4.12. The topological polar surface area (TPSA) is 49.3 Å². The summed E-state index contributed by atoms with van der Waals surface area (Å²) in [5.74, 6) is -2.49. The van der Waals surface area contributed by atoms with E-state index >= 15 is 0 Å². The van der Waals surface area contributed by atoms with E-state index in [9.17, 15) is 13.6 Å². The first-order chi connectivity index (χ1) is 7.43. The lowest BCUT2D eigenvalue weighted by Gasteiger charge is -2.11. The molecule has 0 aliphatic carbocycles. The summed E-state index contributed by atoms with van der Waals surface area (Å²) in [7, 11) is 0. The fourth-order valence-electron chi connectivity index (χ4n) is 1.07. The summed E-state index contributed by atoms with van der Waals surface area (Å²) in [5.41, 5.74) is -0.178. The van der Waals surface area contributed by atoms with Crippen LogP contribution in [-0.4, -0.2) is 17.1 Å². The van der Waals surface area contributed by atoms with Gasteiger partial charge in [0.1, 0.15) is 17.7 Å². The largest absolute Gasteiger partial charge is 0.480 e. The van der Waals surface area contributed by atoms with E-state index in [-0.39, 0.29) is 16.6 Å². The third kappa shape index (κ3) is 2.99. The quantitative estimate of drug-likeness (QED) is 0.838. The van der Waals surface area contributed by atoms with Crippen molar-refractivity contribution < 1.29 is 18.7 Å². The predicted molar refractivity (Wildman–Crippen MR) is 58.0 cm³/mol. The average Bonchev–Trinajstić information content (AvgIpc) is 2.23. The standard InChI is InChI=1S/C10H10BrF2NO2/c1-5(10(15)16)14-4-6-8(12)3-2-7(11)9(6)13/h2-3,5,14H,4H2,1H3,(H,15,16). The molecular formula is C10H10BrF2NO2. The Morgan fingerprint density at radius 3 is 2.75 bits per heavy atom. The van der Waals surface area contributed by atoms with Crippen LogP contribution in [0.1, 0.15) is 12.5 Å². The van der Waals surface area contributed by atoms with Gasteiger partial charge in [-0.3, -0.25) is 4.79 Å². The molecular weight excluding hydrogens is 284 g/mol. The molecule has 6 heteroatoms. The highest BCUT2D eigenvalue weighted by atomic mass is 79.9. The van der Waals surface area contributed by atoms with Crippen molar-refractivity contribution in [3.8, 4) is 0 Å². The van der Waals surface area contributed by atoms with Gasteiger partial charge in [-0.1, -0.05) is 0 Å². The molecule has 0 heterocycles. The number of aliphatic carboxylic acids is 1. The molecule has 0 spiro atoms. The lowest BCUT2D eigenvalue weighted by atomic mass is 10.2. The molecule has 0 aliphatic rings. The van der Waals surface area contributed by atoms with E-state index in [1.165, 1.54) is 13.0 Å². The zero-order chi connectivity index (χ0) is 12.3. The van der Waals surface area contributed by atoms with Crippen molar-refractivity contribution in [3.63, 3.8) is 0 Å². The first-order valence-corrected chi connectivity index (χ1v) is 5.31. The number of carboxylic acid groups (broad SMARTS) is 1. The fraction of sp³-hybridized carbons (Fsp3) is 0.300. The van der Waals surface area contributed by atoms with Crippen LogP contribution in [0.3, 0.4) is 0 Å². The van der Waals surface area contributed by atoms with Crippen LogP contribution in [0.25, 0.3) is 0 Å². The summed E-state index contributed by atoms with van der Waals surface area (Å²) in [6, 6.07) is 1.52. The highest BCUT2D eigenvalue weighted by Gasteiger charge is 2.15. The number of halogens is 3. The van der Waals surface area contributed by atoms with Crippen molar-refractivity contribution >= 4 is 21.9 Å². The minimum atomic E-state index is -1.07. The van der Waals surface area contributed by atoms with Gasteiger partial charge in [0, 0.05) is 12.1 Å². The summed E-state index contributed by atoms with van der Waals surface area (Å²) >= 11 is 2.93. The molecule has 0 radical (unpaired) electrons. The molecule has 1 aromatic rings. The van der Waals surface area contributed by atoms with E-state index in [0.717, 1.165) is 6.07 Å². The minimum absolute atomic E-state index is 0.147. The second kappa shape index (κ2) is 5.36. The highest BCUT2D eigenvalue weighted by molar-refractivity contribution is 9.10. The highest BCUT2D eigenvalue weighted by Crippen LogP contribution is 2.21. The molecule has 0 saturated carbocycles. The number of hydrogen-bond acceptors (Lipinski definition) is 2. The van der Waals surface area contributed by atoms with Crippen molar-refractivity contribution in [2.45, 2.75) is 19.5 Å². The Bertz CT molecular complexity index is 412. The molecule has 16 heavy (non-hydrogen) atoms. The van der Waals surface area contributed by atoms with Crippen molar-refractivity contribution in [3.05, 3.63) is 33.8 Å². The van der Waals surface area contributed by atoms with Gasteiger partial charge in [-0.25, -0.2) is 8.78 Å². The first kappa shape index (κ1) is 13.1. The number of hydrogen-bond donors (Lipinski definition) is 2. The van der Waals surface area contributed by atoms with E-state index in [0.29, 0.717) is 0 Å². The SMILES string of the molecule is CC(NCc1c(F)ccc(Br)c1F)C(=O)O. The molecule has 1 unspecified atom stereocenters. The second-order valence-electron chi connectivity index (χ2n) is 3.26. The van der Waals surface area contributed by atoms with Crippen LogP contribution < -0.4 is 5.32 Å². The average molecular weight is 294 g/mol. The van der Waals surface area contributed by atoms with E-state index in [4.69, 9.17) is 5.11 Å². The minimum Gasteiger partial charge on any atom is -0.480 e. The van der Waals surface area contributed by atoms with Gasteiger partial charge in [0.25, 0.3) is 0 Å². The zero-order valence-electron chi connectivity index (χ0n) is 8.43. The number of carboxylic acids is 1. The van der Waals surface area contributed by atoms with Gasteiger partial charge in [-0.05, 0) is 35.0 Å². The van der Waals surface area contributed by atoms with Gasteiger partial charge in [0.15, 0.2) is 0 Å². The molecule has 0 aromatic heterocycles. The summed E-state index contributed by atoms with van der Waals surface area (Å²) in [4.78, 5) is 10.5. The van der Waals surface area contributed by atoms with Crippen LogP contribution in [0.4, 0.5) is 8.78 Å². The summed E-state index contributed by atoms with van der Waals surface area (Å²) < 4.78 is 26.8. The fourth-order valence-corrected chi connectivity index (χ4v) is 1.45. The molecule has 2 N–H and O–H groups in total. The maximum absolute atomic E-state index is 13.4. The van der Waals surface area contributed by atoms with E-state index in [2.05, 4.69) is 21.2 Å². The zero-order valence-corrected chi connectivity index (χ0v) is 10.0. The third-order valence-electron chi connectivity index (χ3n) is 2.09. The number of carbonyl (C=O) groups is 1. The molecule has 1 atom stereocenters. The summed E-state index contributed by atoms with van der Waals surface area (Å²) in [5, 5.41) is 11.1. The Labute approximate surface area is 99.6 Å². The smallest absolute Gasteiger partial charge is 0.320 e. The van der Waals surface area contributed by atoms with Gasteiger partial charge >= 0.3 is 5.97 Å². The Balaban J connectivity index is 2.81. The molecule has 0 amide bonds. The van der Waals surface area contributed by atoms with Crippen LogP contribution in [0, 0.1) is 11.6 Å². The van der Waals surface area contributed by atoms with Gasteiger partial charge in [-0.15, -0.1) is 0 Å². The summed E-state index contributed by atoms with van der Waals surface area (Å²) in [6.07, 6.45) is 0. The molecule has 1 rings (SSSR count). The molecule has 3 nitrogen and oxygen atoms in total. The van der Waals surface area contributed by atoms with Crippen molar-refractivity contribution in [2.75, 3.05) is 0 Å². The molecule has 88 valence electrons. The van der Waals surface area contributed by atoms with E-state index < -0.39 is 23.6 Å². The van der Waals surface area contributed by atoms with Crippen molar-refractivity contribution in [2.24, 2.45) is 0 Å². The molecule has 0 fully saturated rings. The normalized spacial score (nSPS) is 12.5. The third-order valence-corrected chi connectivity index (χ3v) is 2.71. The van der Waals surface area contributed by atoms with Gasteiger partial charge in [0.05, 0.1) is 4.47 Å². The molecule has 0 saturated heterocycles. The predicted octanol–water partition coefficient (Wildman–Crippen LogP) is 2.29. The Morgan fingerprint density at radius 2 is 2.19 bits per heavy atom. The van der Waals surface area contributed by atoms with Gasteiger partial charge in [0.2, 0.25) is 0 Å². The number of rotatable bonds is 4. The monoisotopic (exact) mass is 293 g/mol. The van der Waals surface area contributed by atoms with E-state index in [1.54, 1.807) is 0 Å².